The topological polar surface area (TPSA) is 61.4 Å². The van der Waals surface area contributed by atoms with Gasteiger partial charge >= 0.3 is 0 Å². The van der Waals surface area contributed by atoms with Crippen molar-refractivity contribution in [1.29, 1.82) is 0 Å². The van der Waals surface area contributed by atoms with Gasteiger partial charge in [-0.15, -0.1) is 0 Å². The van der Waals surface area contributed by atoms with Crippen LogP contribution in [0.25, 0.3) is 0 Å². The van der Waals surface area contributed by atoms with Crippen molar-refractivity contribution in [2.75, 3.05) is 31.6 Å². The van der Waals surface area contributed by atoms with Crippen LogP contribution in [0.2, 0.25) is 0 Å². The first-order chi connectivity index (χ1) is 9.72. The fourth-order valence-electron chi connectivity index (χ4n) is 2.38. The van der Waals surface area contributed by atoms with Crippen molar-refractivity contribution in [1.82, 2.24) is 10.6 Å². The number of para-hydroxylation sites is 1. The Labute approximate surface area is 119 Å². The number of nitrogens with one attached hydrogen (secondary N) is 2. The minimum absolute atomic E-state index is 0.0418. The van der Waals surface area contributed by atoms with E-state index >= 15 is 0 Å². The number of nitrogens with zero attached hydrogens (tertiary/aromatic N) is 1. The molecule has 2 rings (SSSR count). The molecule has 108 valence electrons. The molecule has 2 amide bonds. The van der Waals surface area contributed by atoms with E-state index in [-0.39, 0.29) is 11.8 Å². The van der Waals surface area contributed by atoms with Crippen molar-refractivity contribution in [3.8, 4) is 0 Å². The predicted octanol–water partition coefficient (Wildman–Crippen LogP) is 0.692. The molecule has 0 aliphatic carbocycles. The zero-order chi connectivity index (χ0) is 14.4. The normalized spacial score (nSPS) is 13.4. The second kappa shape index (κ2) is 7.05. The Morgan fingerprint density at radius 2 is 2.10 bits per heavy atom. The van der Waals surface area contributed by atoms with Gasteiger partial charge in [-0.1, -0.05) is 18.2 Å². The standard InChI is InChI=1S/C15H21N3O2/c1-16-8-4-7-14(19)17-9-10-18-13-6-3-2-5-12(13)11-15(18)20/h2-3,5-6,16H,4,7-11H2,1H3,(H,17,19). The van der Waals surface area contributed by atoms with Crippen molar-refractivity contribution in [3.63, 3.8) is 0 Å². The van der Waals surface area contributed by atoms with Gasteiger partial charge in [0.2, 0.25) is 11.8 Å². The van der Waals surface area contributed by atoms with E-state index in [0.717, 1.165) is 24.2 Å². The first kappa shape index (κ1) is 14.5. The summed E-state index contributed by atoms with van der Waals surface area (Å²) in [6.45, 7) is 1.87. The number of carbonyl (C=O) groups is 2. The third-order valence-corrected chi connectivity index (χ3v) is 3.41. The molecule has 2 N–H and O–H groups in total. The van der Waals surface area contributed by atoms with Gasteiger partial charge in [-0.2, -0.15) is 0 Å². The highest BCUT2D eigenvalue weighted by Gasteiger charge is 2.26. The first-order valence-electron chi connectivity index (χ1n) is 7.02. The van der Waals surface area contributed by atoms with Gasteiger partial charge in [-0.25, -0.2) is 0 Å². The van der Waals surface area contributed by atoms with Gasteiger partial charge in [0.25, 0.3) is 0 Å². The maximum absolute atomic E-state index is 11.9. The summed E-state index contributed by atoms with van der Waals surface area (Å²) in [5, 5.41) is 5.87. The third-order valence-electron chi connectivity index (χ3n) is 3.41. The van der Waals surface area contributed by atoms with E-state index in [2.05, 4.69) is 10.6 Å². The molecule has 1 aromatic rings. The van der Waals surface area contributed by atoms with Gasteiger partial charge in [0.05, 0.1) is 6.42 Å². The van der Waals surface area contributed by atoms with Crippen LogP contribution in [0.1, 0.15) is 18.4 Å². The van der Waals surface area contributed by atoms with Crippen molar-refractivity contribution >= 4 is 17.5 Å². The molecule has 0 saturated heterocycles. The predicted molar refractivity (Wildman–Crippen MR) is 78.7 cm³/mol. The Bertz CT molecular complexity index is 488. The molecule has 0 aromatic heterocycles. The molecule has 0 atom stereocenters. The Balaban J connectivity index is 1.77. The summed E-state index contributed by atoms with van der Waals surface area (Å²) in [6, 6.07) is 7.80. The molecule has 1 aliphatic heterocycles. The summed E-state index contributed by atoms with van der Waals surface area (Å²) in [7, 11) is 1.87. The van der Waals surface area contributed by atoms with Crippen LogP contribution in [0.15, 0.2) is 24.3 Å². The highest BCUT2D eigenvalue weighted by Crippen LogP contribution is 2.27. The summed E-state index contributed by atoms with van der Waals surface area (Å²) in [5.41, 5.74) is 2.04. The number of anilines is 1. The van der Waals surface area contributed by atoms with Gasteiger partial charge in [0, 0.05) is 25.2 Å². The fraction of sp³-hybridized carbons (Fsp3) is 0.467. The number of rotatable bonds is 7. The van der Waals surface area contributed by atoms with Gasteiger partial charge in [0.15, 0.2) is 0 Å². The second-order valence-electron chi connectivity index (χ2n) is 4.91. The smallest absolute Gasteiger partial charge is 0.231 e. The third kappa shape index (κ3) is 3.57. The fourth-order valence-corrected chi connectivity index (χ4v) is 2.38. The van der Waals surface area contributed by atoms with Crippen LogP contribution < -0.4 is 15.5 Å². The van der Waals surface area contributed by atoms with E-state index < -0.39 is 0 Å². The molecule has 1 aromatic carbocycles. The number of carbonyl (C=O) groups excluding carboxylic acids is 2. The Morgan fingerprint density at radius 3 is 2.90 bits per heavy atom. The van der Waals surface area contributed by atoms with E-state index in [1.807, 2.05) is 31.3 Å². The number of fused-ring (bicyclic) bond motifs is 1. The van der Waals surface area contributed by atoms with Crippen molar-refractivity contribution in [2.24, 2.45) is 0 Å². The first-order valence-corrected chi connectivity index (χ1v) is 7.02. The monoisotopic (exact) mass is 275 g/mol. The molecule has 1 heterocycles. The largest absolute Gasteiger partial charge is 0.354 e. The number of amides is 2. The molecule has 5 nitrogen and oxygen atoms in total. The number of hydrogen-bond acceptors (Lipinski definition) is 3. The minimum Gasteiger partial charge on any atom is -0.354 e. The summed E-state index contributed by atoms with van der Waals surface area (Å²) >= 11 is 0. The Morgan fingerprint density at radius 1 is 1.30 bits per heavy atom. The van der Waals surface area contributed by atoms with Gasteiger partial charge in [-0.3, -0.25) is 9.59 Å². The highest BCUT2D eigenvalue weighted by atomic mass is 16.2. The van der Waals surface area contributed by atoms with E-state index in [1.54, 1.807) is 4.90 Å². The average Bonchev–Trinajstić information content (AvgIpc) is 2.75. The lowest BCUT2D eigenvalue weighted by atomic mass is 10.2. The summed E-state index contributed by atoms with van der Waals surface area (Å²) in [4.78, 5) is 25.3. The van der Waals surface area contributed by atoms with Crippen molar-refractivity contribution in [2.45, 2.75) is 19.3 Å². The molecule has 5 heteroatoms. The van der Waals surface area contributed by atoms with Crippen LogP contribution >= 0.6 is 0 Å². The van der Waals surface area contributed by atoms with Gasteiger partial charge < -0.3 is 15.5 Å². The minimum atomic E-state index is 0.0418. The number of benzene rings is 1. The lowest BCUT2D eigenvalue weighted by Crippen LogP contribution is -2.36. The second-order valence-corrected chi connectivity index (χ2v) is 4.91. The van der Waals surface area contributed by atoms with E-state index in [1.165, 1.54) is 0 Å². The molecule has 20 heavy (non-hydrogen) atoms. The summed E-state index contributed by atoms with van der Waals surface area (Å²) in [6.07, 6.45) is 1.81. The molecule has 1 aliphatic rings. The zero-order valence-electron chi connectivity index (χ0n) is 11.8. The van der Waals surface area contributed by atoms with Crippen LogP contribution in [-0.2, 0) is 16.0 Å². The molecule has 0 bridgehead atoms. The molecule has 0 radical (unpaired) electrons. The summed E-state index contributed by atoms with van der Waals surface area (Å²) < 4.78 is 0. The maximum atomic E-state index is 11.9. The van der Waals surface area contributed by atoms with Gasteiger partial charge in [0.1, 0.15) is 0 Å². The van der Waals surface area contributed by atoms with E-state index in [9.17, 15) is 9.59 Å². The molecule has 0 unspecified atom stereocenters. The van der Waals surface area contributed by atoms with Crippen LogP contribution in [0.4, 0.5) is 5.69 Å². The Hall–Kier alpha value is -1.88. The SMILES string of the molecule is CNCCCC(=O)NCCN1C(=O)Cc2ccccc21. The summed E-state index contributed by atoms with van der Waals surface area (Å²) in [5.74, 6) is 0.149. The lowest BCUT2D eigenvalue weighted by molar-refractivity contribution is -0.121. The maximum Gasteiger partial charge on any atom is 0.231 e. The Kier molecular flexibility index (Phi) is 5.12. The molecule has 0 fully saturated rings. The van der Waals surface area contributed by atoms with Crippen LogP contribution in [0, 0.1) is 0 Å². The van der Waals surface area contributed by atoms with E-state index in [0.29, 0.717) is 25.9 Å². The average molecular weight is 275 g/mol. The molecular weight excluding hydrogens is 254 g/mol. The lowest BCUT2D eigenvalue weighted by Gasteiger charge is -2.17. The van der Waals surface area contributed by atoms with Crippen LogP contribution in [0.5, 0.6) is 0 Å². The van der Waals surface area contributed by atoms with Crippen LogP contribution in [0.3, 0.4) is 0 Å². The van der Waals surface area contributed by atoms with Crippen molar-refractivity contribution in [3.05, 3.63) is 29.8 Å². The molecule has 0 saturated carbocycles. The van der Waals surface area contributed by atoms with E-state index in [4.69, 9.17) is 0 Å². The quantitative estimate of drug-likeness (QED) is 0.720. The number of hydrogen-bond donors (Lipinski definition) is 2. The zero-order valence-corrected chi connectivity index (χ0v) is 11.8. The molecule has 0 spiro atoms. The molecular formula is C15H21N3O2. The highest BCUT2D eigenvalue weighted by molar-refractivity contribution is 6.01. The van der Waals surface area contributed by atoms with Crippen molar-refractivity contribution < 1.29 is 9.59 Å². The van der Waals surface area contributed by atoms with Gasteiger partial charge in [-0.05, 0) is 31.6 Å². The van der Waals surface area contributed by atoms with Crippen LogP contribution in [-0.4, -0.2) is 38.5 Å².